The van der Waals surface area contributed by atoms with E-state index in [1.54, 1.807) is 0 Å². The van der Waals surface area contributed by atoms with E-state index in [0.717, 1.165) is 13.3 Å². The molecule has 0 N–H and O–H groups in total. The standard InChI is InChI=1S/C20H34N4/c1-3-21-15-17-23(19-21)13-11-9-7-5-6-8-10-12-14-24-18-16-22(4-2)20-24/h3-4,15-18H,1-2,5-14,19-20H2. The summed E-state index contributed by atoms with van der Waals surface area (Å²) in [7, 11) is 0. The van der Waals surface area contributed by atoms with E-state index in [1.807, 2.05) is 12.4 Å². The molecule has 24 heavy (non-hydrogen) atoms. The van der Waals surface area contributed by atoms with Crippen LogP contribution >= 0.6 is 0 Å². The first-order valence-electron chi connectivity index (χ1n) is 9.43. The Labute approximate surface area is 148 Å². The first-order chi connectivity index (χ1) is 11.8. The van der Waals surface area contributed by atoms with Gasteiger partial charge in [0.1, 0.15) is 0 Å². The molecule has 0 spiro atoms. The fourth-order valence-electron chi connectivity index (χ4n) is 3.19. The fraction of sp³-hybridized carbons (Fsp3) is 0.600. The smallest absolute Gasteiger partial charge is 0.0935 e. The Morgan fingerprint density at radius 3 is 1.29 bits per heavy atom. The second-order valence-corrected chi connectivity index (χ2v) is 6.73. The number of hydrogen-bond acceptors (Lipinski definition) is 4. The molecule has 0 fully saturated rings. The molecule has 134 valence electrons. The minimum absolute atomic E-state index is 0.972. The number of hydrogen-bond donors (Lipinski definition) is 0. The third-order valence-corrected chi connectivity index (χ3v) is 4.74. The van der Waals surface area contributed by atoms with Crippen LogP contribution in [0.15, 0.2) is 50.4 Å². The van der Waals surface area contributed by atoms with Crippen molar-refractivity contribution in [2.75, 3.05) is 26.4 Å². The molecule has 0 aromatic rings. The molecule has 0 aliphatic carbocycles. The van der Waals surface area contributed by atoms with Gasteiger partial charge in [-0.15, -0.1) is 0 Å². The summed E-state index contributed by atoms with van der Waals surface area (Å²) < 4.78 is 0. The van der Waals surface area contributed by atoms with Crippen LogP contribution in [-0.4, -0.2) is 46.0 Å². The van der Waals surface area contributed by atoms with E-state index in [-0.39, 0.29) is 0 Å². The van der Waals surface area contributed by atoms with Crippen LogP contribution in [0.25, 0.3) is 0 Å². The Kier molecular flexibility index (Phi) is 8.36. The van der Waals surface area contributed by atoms with Crippen LogP contribution in [0.5, 0.6) is 0 Å². The SMILES string of the molecule is C=CN1C=CN(CCCCCCCCCCN2C=CN(C=C)C2)C1. The van der Waals surface area contributed by atoms with Crippen LogP contribution in [0.3, 0.4) is 0 Å². The summed E-state index contributed by atoms with van der Waals surface area (Å²) >= 11 is 0. The van der Waals surface area contributed by atoms with E-state index >= 15 is 0 Å². The summed E-state index contributed by atoms with van der Waals surface area (Å²) in [5.41, 5.74) is 0. The summed E-state index contributed by atoms with van der Waals surface area (Å²) in [4.78, 5) is 8.96. The largest absolute Gasteiger partial charge is 0.358 e. The van der Waals surface area contributed by atoms with Gasteiger partial charge in [-0.1, -0.05) is 51.7 Å². The monoisotopic (exact) mass is 330 g/mol. The lowest BCUT2D eigenvalue weighted by atomic mass is 10.1. The molecule has 0 saturated heterocycles. The van der Waals surface area contributed by atoms with Crippen molar-refractivity contribution >= 4 is 0 Å². The quantitative estimate of drug-likeness (QED) is 0.461. The molecular weight excluding hydrogens is 296 g/mol. The highest BCUT2D eigenvalue weighted by molar-refractivity contribution is 4.95. The second kappa shape index (κ2) is 10.8. The maximum Gasteiger partial charge on any atom is 0.0935 e. The second-order valence-electron chi connectivity index (χ2n) is 6.73. The Hall–Kier alpha value is -1.84. The topological polar surface area (TPSA) is 13.0 Å². The van der Waals surface area contributed by atoms with Crippen molar-refractivity contribution in [2.24, 2.45) is 0 Å². The fourth-order valence-corrected chi connectivity index (χ4v) is 3.19. The third-order valence-electron chi connectivity index (χ3n) is 4.74. The molecule has 4 heteroatoms. The Bertz CT molecular complexity index is 389. The van der Waals surface area contributed by atoms with Gasteiger partial charge in [0.05, 0.1) is 13.3 Å². The van der Waals surface area contributed by atoms with E-state index in [4.69, 9.17) is 0 Å². The van der Waals surface area contributed by atoms with Gasteiger partial charge in [-0.25, -0.2) is 0 Å². The molecular formula is C20H34N4. The number of rotatable bonds is 13. The number of unbranched alkanes of at least 4 members (excludes halogenated alkanes) is 7. The Morgan fingerprint density at radius 2 is 0.958 bits per heavy atom. The first kappa shape index (κ1) is 18.5. The average molecular weight is 331 g/mol. The molecule has 0 aromatic heterocycles. The van der Waals surface area contributed by atoms with E-state index in [9.17, 15) is 0 Å². The van der Waals surface area contributed by atoms with E-state index in [0.29, 0.717) is 0 Å². The van der Waals surface area contributed by atoms with Crippen LogP contribution < -0.4 is 0 Å². The van der Waals surface area contributed by atoms with Crippen LogP contribution in [0, 0.1) is 0 Å². The van der Waals surface area contributed by atoms with E-state index in [2.05, 4.69) is 57.6 Å². The van der Waals surface area contributed by atoms with Gasteiger partial charge < -0.3 is 19.6 Å². The molecule has 2 heterocycles. The zero-order valence-electron chi connectivity index (χ0n) is 15.2. The normalized spacial score (nSPS) is 16.5. The average Bonchev–Trinajstić information content (AvgIpc) is 3.25. The summed E-state index contributed by atoms with van der Waals surface area (Å²) in [6, 6.07) is 0. The van der Waals surface area contributed by atoms with Gasteiger partial charge >= 0.3 is 0 Å². The van der Waals surface area contributed by atoms with Crippen molar-refractivity contribution < 1.29 is 0 Å². The van der Waals surface area contributed by atoms with Crippen molar-refractivity contribution in [1.29, 1.82) is 0 Å². The molecule has 0 unspecified atom stereocenters. The van der Waals surface area contributed by atoms with Gasteiger partial charge in [-0.2, -0.15) is 0 Å². The molecule has 2 rings (SSSR count). The zero-order chi connectivity index (χ0) is 17.0. The van der Waals surface area contributed by atoms with Crippen molar-refractivity contribution in [1.82, 2.24) is 19.6 Å². The van der Waals surface area contributed by atoms with E-state index < -0.39 is 0 Å². The highest BCUT2D eigenvalue weighted by atomic mass is 15.3. The lowest BCUT2D eigenvalue weighted by Gasteiger charge is -2.18. The molecule has 2 aliphatic heterocycles. The molecule has 0 saturated carbocycles. The highest BCUT2D eigenvalue weighted by Gasteiger charge is 2.09. The van der Waals surface area contributed by atoms with Crippen LogP contribution in [0.1, 0.15) is 51.4 Å². The van der Waals surface area contributed by atoms with Crippen molar-refractivity contribution in [3.63, 3.8) is 0 Å². The summed E-state index contributed by atoms with van der Waals surface area (Å²) in [5, 5.41) is 0. The summed E-state index contributed by atoms with van der Waals surface area (Å²) in [5.74, 6) is 0. The maximum atomic E-state index is 3.79. The lowest BCUT2D eigenvalue weighted by Crippen LogP contribution is -2.22. The van der Waals surface area contributed by atoms with Gasteiger partial charge in [0, 0.05) is 37.9 Å². The molecule has 0 radical (unpaired) electrons. The van der Waals surface area contributed by atoms with Gasteiger partial charge in [0.15, 0.2) is 0 Å². The van der Waals surface area contributed by atoms with Crippen molar-refractivity contribution in [2.45, 2.75) is 51.4 Å². The van der Waals surface area contributed by atoms with Gasteiger partial charge in [0.2, 0.25) is 0 Å². The van der Waals surface area contributed by atoms with Gasteiger partial charge in [0.25, 0.3) is 0 Å². The van der Waals surface area contributed by atoms with Crippen LogP contribution in [-0.2, 0) is 0 Å². The summed E-state index contributed by atoms with van der Waals surface area (Å²) in [6.45, 7) is 11.9. The van der Waals surface area contributed by atoms with Crippen molar-refractivity contribution in [3.8, 4) is 0 Å². The molecule has 2 aliphatic rings. The van der Waals surface area contributed by atoms with Crippen LogP contribution in [0.4, 0.5) is 0 Å². The molecule has 0 bridgehead atoms. The van der Waals surface area contributed by atoms with Gasteiger partial charge in [-0.05, 0) is 25.2 Å². The van der Waals surface area contributed by atoms with Crippen LogP contribution in [0.2, 0.25) is 0 Å². The van der Waals surface area contributed by atoms with Gasteiger partial charge in [-0.3, -0.25) is 0 Å². The minimum Gasteiger partial charge on any atom is -0.358 e. The predicted octanol–water partition coefficient (Wildman–Crippen LogP) is 4.49. The Morgan fingerprint density at radius 1 is 0.583 bits per heavy atom. The highest BCUT2D eigenvalue weighted by Crippen LogP contribution is 2.13. The predicted molar refractivity (Wildman–Crippen MR) is 102 cm³/mol. The van der Waals surface area contributed by atoms with Crippen molar-refractivity contribution in [3.05, 3.63) is 50.4 Å². The summed E-state index contributed by atoms with van der Waals surface area (Å²) in [6.07, 6.45) is 23.2. The molecule has 0 atom stereocenters. The third kappa shape index (κ3) is 6.73. The molecule has 4 nitrogen and oxygen atoms in total. The van der Waals surface area contributed by atoms with E-state index in [1.165, 1.54) is 64.5 Å². The zero-order valence-corrected chi connectivity index (χ0v) is 15.2. The molecule has 0 aromatic carbocycles. The molecule has 0 amide bonds. The number of nitrogens with zero attached hydrogens (tertiary/aromatic N) is 4. The first-order valence-corrected chi connectivity index (χ1v) is 9.43. The maximum absolute atomic E-state index is 3.79. The Balaban J connectivity index is 1.32. The minimum atomic E-state index is 0.972. The lowest BCUT2D eigenvalue weighted by molar-refractivity contribution is 0.305.